The number of rotatable bonds is 5. The van der Waals surface area contributed by atoms with Crippen LogP contribution >= 0.6 is 0 Å². The summed E-state index contributed by atoms with van der Waals surface area (Å²) in [6.45, 7) is 0. The van der Waals surface area contributed by atoms with Crippen molar-refractivity contribution in [1.82, 2.24) is 0 Å². The van der Waals surface area contributed by atoms with Gasteiger partial charge in [0.25, 0.3) is 0 Å². The van der Waals surface area contributed by atoms with Crippen LogP contribution in [0.4, 0.5) is 0 Å². The fraction of sp³-hybridized carbons (Fsp3) is 0.250. The largest absolute Gasteiger partial charge is 0.493 e. The van der Waals surface area contributed by atoms with Gasteiger partial charge in [0.2, 0.25) is 0 Å². The topological polar surface area (TPSA) is 36.9 Å². The smallest absolute Gasteiger partial charge is 0.168 e. The van der Waals surface area contributed by atoms with E-state index in [0.29, 0.717) is 34.1 Å². The van der Waals surface area contributed by atoms with E-state index in [-0.39, 0.29) is 12.1 Å². The van der Waals surface area contributed by atoms with Gasteiger partial charge < -0.3 is 18.9 Å². The lowest BCUT2D eigenvalue weighted by molar-refractivity contribution is 0.352. The number of hydrogen-bond acceptors (Lipinski definition) is 4. The van der Waals surface area contributed by atoms with Crippen molar-refractivity contribution in [1.29, 1.82) is 0 Å². The first-order valence-corrected chi connectivity index (χ1v) is 6.01. The molecule has 0 heterocycles. The van der Waals surface area contributed by atoms with Gasteiger partial charge in [0.05, 0.1) is 31.2 Å². The molecule has 2 aromatic carbocycles. The standard InChI is InChI=1S/C16H18O4/c1-17-13-9-5-7-11(15(13)19-3)12-8-6-10-14(18-2)16(12)20-4/h5-10H,1-4H3/i5T,6T. The lowest BCUT2D eigenvalue weighted by Gasteiger charge is -2.16. The molecule has 0 fully saturated rings. The third-order valence-electron chi connectivity index (χ3n) is 2.96. The minimum atomic E-state index is 0.268. The van der Waals surface area contributed by atoms with Crippen LogP contribution in [0.3, 0.4) is 0 Å². The van der Waals surface area contributed by atoms with Gasteiger partial charge in [-0.1, -0.05) is 24.2 Å². The molecule has 0 aromatic heterocycles. The molecule has 0 unspecified atom stereocenters. The lowest BCUT2D eigenvalue weighted by atomic mass is 10.0. The van der Waals surface area contributed by atoms with Gasteiger partial charge in [-0.3, -0.25) is 0 Å². The number of para-hydroxylation sites is 2. The van der Waals surface area contributed by atoms with Crippen molar-refractivity contribution < 1.29 is 21.7 Å². The first-order chi connectivity index (χ1) is 10.5. The molecule has 0 saturated carbocycles. The molecule has 0 N–H and O–H groups in total. The molecule has 2 aromatic rings. The van der Waals surface area contributed by atoms with Crippen molar-refractivity contribution >= 4 is 0 Å². The summed E-state index contributed by atoms with van der Waals surface area (Å²) >= 11 is 0. The summed E-state index contributed by atoms with van der Waals surface area (Å²) in [5.74, 6) is 1.84. The Kier molecular flexibility index (Phi) is 3.55. The summed E-state index contributed by atoms with van der Waals surface area (Å²) in [5, 5.41) is 0. The molecule has 0 amide bonds. The highest BCUT2D eigenvalue weighted by atomic mass is 16.5. The van der Waals surface area contributed by atoms with E-state index in [0.717, 1.165) is 0 Å². The first-order valence-electron chi connectivity index (χ1n) is 7.01. The lowest BCUT2D eigenvalue weighted by Crippen LogP contribution is -1.96. The molecule has 0 aliphatic carbocycles. The van der Waals surface area contributed by atoms with E-state index in [1.165, 1.54) is 28.4 Å². The monoisotopic (exact) mass is 278 g/mol. The van der Waals surface area contributed by atoms with Crippen LogP contribution in [-0.4, -0.2) is 28.4 Å². The molecule has 0 radical (unpaired) electrons. The fourth-order valence-corrected chi connectivity index (χ4v) is 2.05. The Hall–Kier alpha value is -2.36. The second kappa shape index (κ2) is 6.19. The predicted molar refractivity (Wildman–Crippen MR) is 78.1 cm³/mol. The van der Waals surface area contributed by atoms with Gasteiger partial charge in [0.15, 0.2) is 23.0 Å². The normalized spacial score (nSPS) is 11.4. The van der Waals surface area contributed by atoms with E-state index in [2.05, 4.69) is 0 Å². The summed E-state index contributed by atoms with van der Waals surface area (Å²) in [6, 6.07) is 6.94. The van der Waals surface area contributed by atoms with E-state index < -0.39 is 0 Å². The third-order valence-corrected chi connectivity index (χ3v) is 2.96. The highest BCUT2D eigenvalue weighted by Gasteiger charge is 2.17. The number of benzene rings is 2. The van der Waals surface area contributed by atoms with Crippen molar-refractivity contribution in [2.24, 2.45) is 0 Å². The zero-order valence-electron chi connectivity index (χ0n) is 13.9. The SMILES string of the molecule is [3H]c1cc(OC)c(OC)c(-c2cc([3H])cc(OC)c2OC)c1. The van der Waals surface area contributed by atoms with Crippen LogP contribution in [-0.2, 0) is 0 Å². The Balaban J connectivity index is 2.81. The average molecular weight is 278 g/mol. The van der Waals surface area contributed by atoms with Gasteiger partial charge in [-0.25, -0.2) is 0 Å². The molecule has 0 atom stereocenters. The molecule has 0 aliphatic rings. The summed E-state index contributed by atoms with van der Waals surface area (Å²) in [6.07, 6.45) is 0. The van der Waals surface area contributed by atoms with E-state index in [1.807, 2.05) is 0 Å². The summed E-state index contributed by atoms with van der Waals surface area (Å²) in [4.78, 5) is 0. The Bertz CT molecular complexity index is 627. The van der Waals surface area contributed by atoms with Crippen LogP contribution in [0.5, 0.6) is 23.0 Å². The maximum absolute atomic E-state index is 7.93. The molecule has 106 valence electrons. The molecule has 2 rings (SSSR count). The predicted octanol–water partition coefficient (Wildman–Crippen LogP) is 3.39. The van der Waals surface area contributed by atoms with Crippen LogP contribution in [0.25, 0.3) is 11.1 Å². The molecule has 0 spiro atoms. The number of methoxy groups -OCH3 is 4. The number of ether oxygens (including phenoxy) is 4. The molecule has 0 aliphatic heterocycles. The zero-order chi connectivity index (χ0) is 16.3. The van der Waals surface area contributed by atoms with Crippen molar-refractivity contribution in [3.63, 3.8) is 0 Å². The molecule has 20 heavy (non-hydrogen) atoms. The Labute approximate surface area is 121 Å². The molecule has 4 nitrogen and oxygen atoms in total. The number of hydrogen-bond donors (Lipinski definition) is 0. The Morgan fingerprint density at radius 3 is 1.35 bits per heavy atom. The Morgan fingerprint density at radius 2 is 1.05 bits per heavy atom. The van der Waals surface area contributed by atoms with E-state index in [1.54, 1.807) is 24.3 Å². The minimum absolute atomic E-state index is 0.268. The van der Waals surface area contributed by atoms with Gasteiger partial charge in [-0.15, -0.1) is 0 Å². The quantitative estimate of drug-likeness (QED) is 0.840. The molecule has 4 heteroatoms. The van der Waals surface area contributed by atoms with Crippen LogP contribution in [0, 0.1) is 0 Å². The van der Waals surface area contributed by atoms with Gasteiger partial charge in [0, 0.05) is 11.1 Å². The van der Waals surface area contributed by atoms with Crippen LogP contribution < -0.4 is 18.9 Å². The van der Waals surface area contributed by atoms with E-state index >= 15 is 0 Å². The summed E-state index contributed by atoms with van der Waals surface area (Å²) < 4.78 is 37.3. The third kappa shape index (κ3) is 2.37. The van der Waals surface area contributed by atoms with Crippen LogP contribution in [0.15, 0.2) is 36.4 Å². The van der Waals surface area contributed by atoms with Gasteiger partial charge >= 0.3 is 0 Å². The Morgan fingerprint density at radius 1 is 0.650 bits per heavy atom. The van der Waals surface area contributed by atoms with Gasteiger partial charge in [-0.2, -0.15) is 0 Å². The highest BCUT2D eigenvalue weighted by Crippen LogP contribution is 2.44. The van der Waals surface area contributed by atoms with E-state index in [9.17, 15) is 0 Å². The van der Waals surface area contributed by atoms with Crippen molar-refractivity contribution in [3.8, 4) is 34.1 Å². The van der Waals surface area contributed by atoms with Gasteiger partial charge in [-0.05, 0) is 12.1 Å². The van der Waals surface area contributed by atoms with Crippen molar-refractivity contribution in [2.45, 2.75) is 0 Å². The molecule has 0 bridgehead atoms. The van der Waals surface area contributed by atoms with Crippen molar-refractivity contribution in [2.75, 3.05) is 28.4 Å². The molecular weight excluding hydrogens is 256 g/mol. The highest BCUT2D eigenvalue weighted by molar-refractivity contribution is 5.80. The minimum Gasteiger partial charge on any atom is -0.493 e. The zero-order valence-corrected chi connectivity index (χ0v) is 11.9. The second-order valence-corrected chi connectivity index (χ2v) is 3.94. The first kappa shape index (κ1) is 11.5. The van der Waals surface area contributed by atoms with E-state index in [4.69, 9.17) is 21.7 Å². The fourth-order valence-electron chi connectivity index (χ4n) is 2.05. The summed E-state index contributed by atoms with van der Waals surface area (Å²) in [5.41, 5.74) is 1.22. The van der Waals surface area contributed by atoms with Gasteiger partial charge in [0.1, 0.15) is 0 Å². The average Bonchev–Trinajstić information content (AvgIpc) is 2.52. The summed E-state index contributed by atoms with van der Waals surface area (Å²) in [7, 11) is 6.08. The molecular formula is C16H18O4. The second-order valence-electron chi connectivity index (χ2n) is 3.94. The maximum Gasteiger partial charge on any atom is 0.168 e. The van der Waals surface area contributed by atoms with Crippen LogP contribution in [0.1, 0.15) is 2.74 Å². The maximum atomic E-state index is 7.93. The van der Waals surface area contributed by atoms with Crippen LogP contribution in [0.2, 0.25) is 0 Å². The van der Waals surface area contributed by atoms with Crippen molar-refractivity contribution in [3.05, 3.63) is 36.4 Å². The molecule has 0 saturated heterocycles.